The highest BCUT2D eigenvalue weighted by molar-refractivity contribution is 5.29. The maximum Gasteiger partial charge on any atom is 0.331 e. The van der Waals surface area contributed by atoms with Gasteiger partial charge in [0.1, 0.15) is 0 Å². The number of ether oxygens (including phenoxy) is 1. The molecular weight excluding hydrogens is 277 g/mol. The van der Waals surface area contributed by atoms with Gasteiger partial charge in [0, 0.05) is 25.4 Å². The molecule has 0 amide bonds. The third kappa shape index (κ3) is 3.19. The first-order valence-electron chi connectivity index (χ1n) is 6.39. The number of benzene rings is 1. The third-order valence-corrected chi connectivity index (χ3v) is 3.06. The van der Waals surface area contributed by atoms with Crippen LogP contribution >= 0.6 is 0 Å². The SMILES string of the molecule is COc1ccc(Cn2ccc(=O)n(CCN)c2=O)cc1F. The van der Waals surface area contributed by atoms with E-state index in [2.05, 4.69) is 0 Å². The van der Waals surface area contributed by atoms with E-state index < -0.39 is 17.1 Å². The molecule has 0 unspecified atom stereocenters. The lowest BCUT2D eigenvalue weighted by molar-refractivity contribution is 0.386. The van der Waals surface area contributed by atoms with Crippen LogP contribution in [-0.4, -0.2) is 22.8 Å². The van der Waals surface area contributed by atoms with Crippen LogP contribution in [-0.2, 0) is 13.1 Å². The summed E-state index contributed by atoms with van der Waals surface area (Å²) >= 11 is 0. The van der Waals surface area contributed by atoms with Crippen molar-refractivity contribution >= 4 is 0 Å². The van der Waals surface area contributed by atoms with Crippen molar-refractivity contribution in [2.45, 2.75) is 13.1 Å². The van der Waals surface area contributed by atoms with E-state index in [1.54, 1.807) is 6.07 Å². The zero-order valence-corrected chi connectivity index (χ0v) is 11.6. The molecular formula is C14H16FN3O3. The van der Waals surface area contributed by atoms with Crippen LogP contribution < -0.4 is 21.7 Å². The molecule has 0 spiro atoms. The standard InChI is InChI=1S/C14H16FN3O3/c1-21-12-3-2-10(8-11(12)15)9-17-6-4-13(19)18(7-5-16)14(17)20/h2-4,6,8H,5,7,9,16H2,1H3. The van der Waals surface area contributed by atoms with Crippen molar-refractivity contribution in [2.24, 2.45) is 5.73 Å². The van der Waals surface area contributed by atoms with Crippen LogP contribution in [0.2, 0.25) is 0 Å². The second kappa shape index (κ2) is 6.36. The van der Waals surface area contributed by atoms with Gasteiger partial charge in [-0.2, -0.15) is 0 Å². The summed E-state index contributed by atoms with van der Waals surface area (Å²) in [6.45, 7) is 0.496. The molecule has 6 nitrogen and oxygen atoms in total. The Bertz CT molecular complexity index is 752. The topological polar surface area (TPSA) is 79.2 Å². The van der Waals surface area contributed by atoms with E-state index in [0.717, 1.165) is 4.57 Å². The molecule has 0 saturated carbocycles. The second-order valence-corrected chi connectivity index (χ2v) is 4.47. The molecule has 0 aliphatic carbocycles. The summed E-state index contributed by atoms with van der Waals surface area (Å²) in [5.74, 6) is -0.363. The maximum atomic E-state index is 13.6. The minimum absolute atomic E-state index is 0.138. The van der Waals surface area contributed by atoms with Gasteiger partial charge in [-0.05, 0) is 17.7 Å². The van der Waals surface area contributed by atoms with Gasteiger partial charge in [0.2, 0.25) is 0 Å². The summed E-state index contributed by atoms with van der Waals surface area (Å²) < 4.78 is 20.9. The van der Waals surface area contributed by atoms with Gasteiger partial charge in [-0.3, -0.25) is 13.9 Å². The number of aromatic nitrogens is 2. The first-order chi connectivity index (χ1) is 10.1. The van der Waals surface area contributed by atoms with E-state index >= 15 is 0 Å². The van der Waals surface area contributed by atoms with Crippen LogP contribution in [0, 0.1) is 5.82 Å². The molecule has 2 rings (SSSR count). The van der Waals surface area contributed by atoms with Crippen molar-refractivity contribution < 1.29 is 9.13 Å². The average molecular weight is 293 g/mol. The van der Waals surface area contributed by atoms with E-state index in [9.17, 15) is 14.0 Å². The average Bonchev–Trinajstić information content (AvgIpc) is 2.47. The predicted octanol–water partition coefficient (Wildman–Crippen LogP) is 0.165. The van der Waals surface area contributed by atoms with Gasteiger partial charge in [-0.1, -0.05) is 6.07 Å². The lowest BCUT2D eigenvalue weighted by atomic mass is 10.2. The van der Waals surface area contributed by atoms with E-state index in [-0.39, 0.29) is 25.4 Å². The largest absolute Gasteiger partial charge is 0.494 e. The smallest absolute Gasteiger partial charge is 0.331 e. The quantitative estimate of drug-likeness (QED) is 0.852. The Kier molecular flexibility index (Phi) is 4.54. The van der Waals surface area contributed by atoms with Crippen molar-refractivity contribution in [3.8, 4) is 5.75 Å². The molecule has 0 atom stereocenters. The van der Waals surface area contributed by atoms with Crippen molar-refractivity contribution in [3.63, 3.8) is 0 Å². The van der Waals surface area contributed by atoms with E-state index in [1.165, 1.54) is 36.1 Å². The Balaban J connectivity index is 2.36. The molecule has 21 heavy (non-hydrogen) atoms. The number of methoxy groups -OCH3 is 1. The molecule has 112 valence electrons. The number of nitrogens with two attached hydrogens (primary N) is 1. The molecule has 0 aliphatic rings. The van der Waals surface area contributed by atoms with Gasteiger partial charge >= 0.3 is 5.69 Å². The Hall–Kier alpha value is -2.41. The number of nitrogens with zero attached hydrogens (tertiary/aromatic N) is 2. The van der Waals surface area contributed by atoms with Crippen LogP contribution in [0.5, 0.6) is 5.75 Å². The van der Waals surface area contributed by atoms with Crippen molar-refractivity contribution in [3.05, 3.63) is 62.7 Å². The summed E-state index contributed by atoms with van der Waals surface area (Å²) in [5, 5.41) is 0. The van der Waals surface area contributed by atoms with E-state index in [4.69, 9.17) is 10.5 Å². The monoisotopic (exact) mass is 293 g/mol. The molecule has 7 heteroatoms. The normalized spacial score (nSPS) is 10.6. The van der Waals surface area contributed by atoms with Crippen LogP contribution in [0.15, 0.2) is 40.1 Å². The van der Waals surface area contributed by atoms with Crippen LogP contribution in [0.3, 0.4) is 0 Å². The molecule has 0 fully saturated rings. The highest BCUT2D eigenvalue weighted by Gasteiger charge is 2.07. The summed E-state index contributed by atoms with van der Waals surface area (Å²) in [6.07, 6.45) is 1.39. The fourth-order valence-corrected chi connectivity index (χ4v) is 2.02. The number of halogens is 1. The van der Waals surface area contributed by atoms with Crippen LogP contribution in [0.1, 0.15) is 5.56 Å². The highest BCUT2D eigenvalue weighted by Crippen LogP contribution is 2.17. The van der Waals surface area contributed by atoms with Crippen molar-refractivity contribution in [1.82, 2.24) is 9.13 Å². The number of hydrogen-bond acceptors (Lipinski definition) is 4. The van der Waals surface area contributed by atoms with Gasteiger partial charge in [0.15, 0.2) is 11.6 Å². The first kappa shape index (κ1) is 15.0. The molecule has 0 radical (unpaired) electrons. The van der Waals surface area contributed by atoms with Gasteiger partial charge < -0.3 is 10.5 Å². The highest BCUT2D eigenvalue weighted by atomic mass is 19.1. The molecule has 0 aliphatic heterocycles. The molecule has 0 bridgehead atoms. The van der Waals surface area contributed by atoms with Gasteiger partial charge in [0.05, 0.1) is 13.7 Å². The third-order valence-electron chi connectivity index (χ3n) is 3.06. The van der Waals surface area contributed by atoms with Gasteiger partial charge in [-0.15, -0.1) is 0 Å². The fourth-order valence-electron chi connectivity index (χ4n) is 2.02. The number of hydrogen-bond donors (Lipinski definition) is 1. The van der Waals surface area contributed by atoms with Crippen LogP contribution in [0.4, 0.5) is 4.39 Å². The molecule has 2 N–H and O–H groups in total. The summed E-state index contributed by atoms with van der Waals surface area (Å²) in [6, 6.07) is 5.74. The summed E-state index contributed by atoms with van der Waals surface area (Å²) in [5.41, 5.74) is 5.10. The summed E-state index contributed by atoms with van der Waals surface area (Å²) in [7, 11) is 1.38. The predicted molar refractivity (Wildman–Crippen MR) is 76.1 cm³/mol. The fraction of sp³-hybridized carbons (Fsp3) is 0.286. The van der Waals surface area contributed by atoms with Crippen molar-refractivity contribution in [1.29, 1.82) is 0 Å². The molecule has 1 aromatic carbocycles. The summed E-state index contributed by atoms with van der Waals surface area (Å²) in [4.78, 5) is 23.7. The lowest BCUT2D eigenvalue weighted by Gasteiger charge is -2.10. The zero-order valence-electron chi connectivity index (χ0n) is 11.6. The Morgan fingerprint density at radius 2 is 2.05 bits per heavy atom. The second-order valence-electron chi connectivity index (χ2n) is 4.47. The zero-order chi connectivity index (χ0) is 15.4. The maximum absolute atomic E-state index is 13.6. The lowest BCUT2D eigenvalue weighted by Crippen LogP contribution is -2.40. The van der Waals surface area contributed by atoms with E-state index in [1.807, 2.05) is 0 Å². The molecule has 1 heterocycles. The van der Waals surface area contributed by atoms with Crippen molar-refractivity contribution in [2.75, 3.05) is 13.7 Å². The molecule has 2 aromatic rings. The Labute approximate surface area is 120 Å². The van der Waals surface area contributed by atoms with Gasteiger partial charge in [-0.25, -0.2) is 9.18 Å². The van der Waals surface area contributed by atoms with E-state index in [0.29, 0.717) is 5.56 Å². The number of rotatable bonds is 5. The minimum Gasteiger partial charge on any atom is -0.494 e. The Morgan fingerprint density at radius 1 is 1.29 bits per heavy atom. The molecule has 1 aromatic heterocycles. The first-order valence-corrected chi connectivity index (χ1v) is 6.39. The Morgan fingerprint density at radius 3 is 2.67 bits per heavy atom. The minimum atomic E-state index is -0.502. The van der Waals surface area contributed by atoms with Crippen LogP contribution in [0.25, 0.3) is 0 Å². The van der Waals surface area contributed by atoms with Gasteiger partial charge in [0.25, 0.3) is 5.56 Å². The molecule has 0 saturated heterocycles.